The van der Waals surface area contributed by atoms with Crippen molar-refractivity contribution < 1.29 is 9.47 Å². The van der Waals surface area contributed by atoms with Crippen LogP contribution in [-0.2, 0) is 4.74 Å². The van der Waals surface area contributed by atoms with E-state index in [0.29, 0.717) is 11.6 Å². The minimum absolute atomic E-state index is 0.0727. The Morgan fingerprint density at radius 3 is 3.11 bits per heavy atom. The third kappa shape index (κ3) is 1.87. The van der Waals surface area contributed by atoms with Gasteiger partial charge < -0.3 is 14.0 Å². The molecule has 1 aliphatic heterocycles. The first-order valence-corrected chi connectivity index (χ1v) is 6.10. The fraction of sp³-hybridized carbons (Fsp3) is 0.308. The standard InChI is InChI=1S/C13H13ClN2O2/c1-17-13-10-6-9(14)2-3-12(10)18-7-11(13)16-5-4-15-8-16/h2-6,8,11,13H,7H2,1H3. The molecule has 2 aromatic rings. The van der Waals surface area contributed by atoms with Crippen LogP contribution in [0.5, 0.6) is 5.75 Å². The average Bonchev–Trinajstić information content (AvgIpc) is 2.91. The summed E-state index contributed by atoms with van der Waals surface area (Å²) in [5.41, 5.74) is 0.981. The lowest BCUT2D eigenvalue weighted by atomic mass is 9.99. The topological polar surface area (TPSA) is 36.3 Å². The van der Waals surface area contributed by atoms with E-state index >= 15 is 0 Å². The average molecular weight is 265 g/mol. The summed E-state index contributed by atoms with van der Waals surface area (Å²) in [6, 6.07) is 5.68. The Morgan fingerprint density at radius 2 is 2.39 bits per heavy atom. The molecule has 2 heterocycles. The summed E-state index contributed by atoms with van der Waals surface area (Å²) in [7, 11) is 1.70. The second-order valence-corrected chi connectivity index (χ2v) is 4.66. The Morgan fingerprint density at radius 1 is 1.50 bits per heavy atom. The molecule has 2 unspecified atom stereocenters. The monoisotopic (exact) mass is 264 g/mol. The van der Waals surface area contributed by atoms with Crippen LogP contribution in [0.3, 0.4) is 0 Å². The second kappa shape index (κ2) is 4.63. The highest BCUT2D eigenvalue weighted by Gasteiger charge is 2.32. The summed E-state index contributed by atoms with van der Waals surface area (Å²) < 4.78 is 13.4. The van der Waals surface area contributed by atoms with Crippen molar-refractivity contribution in [3.63, 3.8) is 0 Å². The first kappa shape index (κ1) is 11.6. The Bertz CT molecular complexity index is 542. The number of ether oxygens (including phenoxy) is 2. The third-order valence-electron chi connectivity index (χ3n) is 3.20. The molecule has 4 nitrogen and oxygen atoms in total. The molecule has 2 atom stereocenters. The lowest BCUT2D eigenvalue weighted by molar-refractivity contribution is 0.0175. The molecular weight excluding hydrogens is 252 g/mol. The summed E-state index contributed by atoms with van der Waals surface area (Å²) in [5.74, 6) is 0.836. The summed E-state index contributed by atoms with van der Waals surface area (Å²) in [4.78, 5) is 4.07. The Balaban J connectivity index is 2.02. The highest BCUT2D eigenvalue weighted by molar-refractivity contribution is 6.30. The van der Waals surface area contributed by atoms with Gasteiger partial charge in [0.2, 0.25) is 0 Å². The molecule has 0 fully saturated rings. The smallest absolute Gasteiger partial charge is 0.125 e. The van der Waals surface area contributed by atoms with Gasteiger partial charge in [0.15, 0.2) is 0 Å². The van der Waals surface area contributed by atoms with Gasteiger partial charge in [0.05, 0.1) is 12.4 Å². The number of fused-ring (bicyclic) bond motifs is 1. The number of halogens is 1. The molecule has 0 N–H and O–H groups in total. The number of aromatic nitrogens is 2. The number of benzene rings is 1. The van der Waals surface area contributed by atoms with Crippen LogP contribution in [0.4, 0.5) is 0 Å². The molecule has 1 aromatic carbocycles. The summed E-state index contributed by atoms with van der Waals surface area (Å²) in [5, 5.41) is 0.686. The van der Waals surface area contributed by atoms with Crippen LogP contribution < -0.4 is 4.74 Å². The quantitative estimate of drug-likeness (QED) is 0.837. The molecule has 0 saturated heterocycles. The Kier molecular flexibility index (Phi) is 2.97. The molecule has 18 heavy (non-hydrogen) atoms. The molecular formula is C13H13ClN2O2. The highest BCUT2D eigenvalue weighted by atomic mass is 35.5. The molecule has 0 amide bonds. The van der Waals surface area contributed by atoms with E-state index in [4.69, 9.17) is 21.1 Å². The van der Waals surface area contributed by atoms with Gasteiger partial charge in [-0.3, -0.25) is 0 Å². The van der Waals surface area contributed by atoms with Crippen LogP contribution in [0.1, 0.15) is 17.7 Å². The van der Waals surface area contributed by atoms with Crippen molar-refractivity contribution in [2.45, 2.75) is 12.1 Å². The Labute approximate surface area is 110 Å². The van der Waals surface area contributed by atoms with Gasteiger partial charge in [-0.25, -0.2) is 4.98 Å². The van der Waals surface area contributed by atoms with Crippen molar-refractivity contribution >= 4 is 11.6 Å². The van der Waals surface area contributed by atoms with Gasteiger partial charge in [-0.1, -0.05) is 11.6 Å². The zero-order valence-corrected chi connectivity index (χ0v) is 10.7. The summed E-state index contributed by atoms with van der Waals surface area (Å²) in [6.45, 7) is 0.559. The maximum atomic E-state index is 6.04. The van der Waals surface area contributed by atoms with Crippen molar-refractivity contribution in [1.29, 1.82) is 0 Å². The SMILES string of the molecule is COC1c2cc(Cl)ccc2OCC1n1ccnc1. The van der Waals surface area contributed by atoms with E-state index in [-0.39, 0.29) is 12.1 Å². The van der Waals surface area contributed by atoms with Gasteiger partial charge in [0.25, 0.3) is 0 Å². The van der Waals surface area contributed by atoms with Crippen LogP contribution in [0.25, 0.3) is 0 Å². The molecule has 1 aromatic heterocycles. The minimum atomic E-state index is -0.0818. The fourth-order valence-electron chi connectivity index (χ4n) is 2.33. The van der Waals surface area contributed by atoms with Crippen molar-refractivity contribution in [3.05, 3.63) is 47.5 Å². The number of imidazole rings is 1. The van der Waals surface area contributed by atoms with Gasteiger partial charge in [-0.2, -0.15) is 0 Å². The molecule has 94 valence electrons. The number of hydrogen-bond acceptors (Lipinski definition) is 3. The van der Waals surface area contributed by atoms with Crippen LogP contribution in [0, 0.1) is 0 Å². The first-order valence-electron chi connectivity index (χ1n) is 5.72. The summed E-state index contributed by atoms with van der Waals surface area (Å²) in [6.07, 6.45) is 5.35. The predicted molar refractivity (Wildman–Crippen MR) is 68.0 cm³/mol. The van der Waals surface area contributed by atoms with Gasteiger partial charge in [-0.05, 0) is 18.2 Å². The van der Waals surface area contributed by atoms with E-state index < -0.39 is 0 Å². The maximum absolute atomic E-state index is 6.04. The lowest BCUT2D eigenvalue weighted by Crippen LogP contribution is -2.29. The highest BCUT2D eigenvalue weighted by Crippen LogP contribution is 2.40. The molecule has 0 aliphatic carbocycles. The van der Waals surface area contributed by atoms with Crippen molar-refractivity contribution in [3.8, 4) is 5.75 Å². The van der Waals surface area contributed by atoms with Crippen molar-refractivity contribution in [1.82, 2.24) is 9.55 Å². The fourth-order valence-corrected chi connectivity index (χ4v) is 2.52. The number of hydrogen-bond donors (Lipinski definition) is 0. The second-order valence-electron chi connectivity index (χ2n) is 4.23. The minimum Gasteiger partial charge on any atom is -0.491 e. The molecule has 0 spiro atoms. The number of methoxy groups -OCH3 is 1. The van der Waals surface area contributed by atoms with Gasteiger partial charge in [0.1, 0.15) is 18.5 Å². The van der Waals surface area contributed by atoms with Crippen LogP contribution in [0.2, 0.25) is 5.02 Å². The number of nitrogens with zero attached hydrogens (tertiary/aromatic N) is 2. The zero-order valence-electron chi connectivity index (χ0n) is 9.91. The molecule has 3 rings (SSSR count). The van der Waals surface area contributed by atoms with Crippen LogP contribution in [-0.4, -0.2) is 23.3 Å². The van der Waals surface area contributed by atoms with Crippen molar-refractivity contribution in [2.24, 2.45) is 0 Å². The van der Waals surface area contributed by atoms with Gasteiger partial charge in [0, 0.05) is 30.1 Å². The number of rotatable bonds is 2. The van der Waals surface area contributed by atoms with E-state index in [1.807, 2.05) is 29.0 Å². The van der Waals surface area contributed by atoms with Crippen LogP contribution >= 0.6 is 11.6 Å². The van der Waals surface area contributed by atoms with Crippen LogP contribution in [0.15, 0.2) is 36.9 Å². The largest absolute Gasteiger partial charge is 0.491 e. The zero-order chi connectivity index (χ0) is 12.5. The van der Waals surface area contributed by atoms with E-state index in [1.165, 1.54) is 0 Å². The predicted octanol–water partition coefficient (Wildman–Crippen LogP) is 2.86. The molecule has 1 aliphatic rings. The first-order chi connectivity index (χ1) is 8.79. The van der Waals surface area contributed by atoms with E-state index in [1.54, 1.807) is 19.6 Å². The van der Waals surface area contributed by atoms with E-state index in [2.05, 4.69) is 4.98 Å². The van der Waals surface area contributed by atoms with Gasteiger partial charge >= 0.3 is 0 Å². The normalized spacial score (nSPS) is 22.3. The Hall–Kier alpha value is -1.52. The van der Waals surface area contributed by atoms with E-state index in [0.717, 1.165) is 11.3 Å². The molecule has 0 radical (unpaired) electrons. The molecule has 5 heteroatoms. The maximum Gasteiger partial charge on any atom is 0.125 e. The lowest BCUT2D eigenvalue weighted by Gasteiger charge is -2.33. The van der Waals surface area contributed by atoms with E-state index in [9.17, 15) is 0 Å². The molecule has 0 saturated carbocycles. The van der Waals surface area contributed by atoms with Gasteiger partial charge in [-0.15, -0.1) is 0 Å². The summed E-state index contributed by atoms with van der Waals surface area (Å²) >= 11 is 6.04. The third-order valence-corrected chi connectivity index (χ3v) is 3.43. The molecule has 0 bridgehead atoms. The van der Waals surface area contributed by atoms with Crippen molar-refractivity contribution in [2.75, 3.05) is 13.7 Å².